The first-order valence-corrected chi connectivity index (χ1v) is 5.67. The van der Waals surface area contributed by atoms with Crippen LogP contribution in [-0.4, -0.2) is 24.8 Å². The summed E-state index contributed by atoms with van der Waals surface area (Å²) in [4.78, 5) is 11.2. The zero-order valence-electron chi connectivity index (χ0n) is 9.83. The topological polar surface area (TPSA) is 55.8 Å². The molecule has 17 heavy (non-hydrogen) atoms. The molecular formula is C12H15ClO4. The minimum Gasteiger partial charge on any atom is -0.503 e. The van der Waals surface area contributed by atoms with Crippen molar-refractivity contribution >= 4 is 17.6 Å². The van der Waals surface area contributed by atoms with E-state index in [4.69, 9.17) is 21.1 Å². The number of methoxy groups -OCH3 is 1. The van der Waals surface area contributed by atoms with Gasteiger partial charge in [-0.05, 0) is 31.0 Å². The third kappa shape index (κ3) is 3.82. The second-order valence-electron chi connectivity index (χ2n) is 3.43. The van der Waals surface area contributed by atoms with Crippen LogP contribution in [0.15, 0.2) is 12.1 Å². The van der Waals surface area contributed by atoms with Gasteiger partial charge in [0.15, 0.2) is 11.5 Å². The summed E-state index contributed by atoms with van der Waals surface area (Å²) in [6.07, 6.45) is 0.771. The van der Waals surface area contributed by atoms with E-state index in [2.05, 4.69) is 0 Å². The van der Waals surface area contributed by atoms with Crippen LogP contribution in [0, 0.1) is 0 Å². The van der Waals surface area contributed by atoms with Crippen molar-refractivity contribution in [2.45, 2.75) is 19.8 Å². The fourth-order valence-electron chi connectivity index (χ4n) is 1.41. The molecule has 4 nitrogen and oxygen atoms in total. The number of aromatic hydroxyl groups is 1. The van der Waals surface area contributed by atoms with Crippen molar-refractivity contribution in [3.05, 3.63) is 22.7 Å². The number of carbonyl (C=O) groups excluding carboxylic acids is 1. The molecule has 0 saturated heterocycles. The predicted molar refractivity (Wildman–Crippen MR) is 64.6 cm³/mol. The van der Waals surface area contributed by atoms with Crippen molar-refractivity contribution in [2.75, 3.05) is 13.7 Å². The quantitative estimate of drug-likeness (QED) is 0.825. The number of hydrogen-bond acceptors (Lipinski definition) is 4. The average molecular weight is 259 g/mol. The lowest BCUT2D eigenvalue weighted by Gasteiger charge is -2.08. The summed E-state index contributed by atoms with van der Waals surface area (Å²) < 4.78 is 9.79. The molecule has 0 aliphatic rings. The second kappa shape index (κ2) is 6.35. The Hall–Kier alpha value is -1.42. The number of hydrogen-bond donors (Lipinski definition) is 1. The molecule has 1 N–H and O–H groups in total. The smallest absolute Gasteiger partial charge is 0.306 e. The van der Waals surface area contributed by atoms with Gasteiger partial charge in [-0.2, -0.15) is 0 Å². The number of rotatable bonds is 5. The highest BCUT2D eigenvalue weighted by atomic mass is 35.5. The summed E-state index contributed by atoms with van der Waals surface area (Å²) in [5, 5.41) is 9.75. The molecule has 0 aliphatic carbocycles. The van der Waals surface area contributed by atoms with Gasteiger partial charge in [-0.3, -0.25) is 4.79 Å². The van der Waals surface area contributed by atoms with E-state index in [1.807, 2.05) is 0 Å². The molecule has 0 saturated carbocycles. The Bertz CT molecular complexity index is 404. The summed E-state index contributed by atoms with van der Waals surface area (Å²) in [6, 6.07) is 3.26. The monoisotopic (exact) mass is 258 g/mol. The summed E-state index contributed by atoms with van der Waals surface area (Å²) in [6.45, 7) is 2.14. The van der Waals surface area contributed by atoms with Gasteiger partial charge in [-0.25, -0.2) is 0 Å². The predicted octanol–water partition coefficient (Wildman–Crippen LogP) is 2.55. The first-order valence-electron chi connectivity index (χ1n) is 5.29. The Balaban J connectivity index is 2.72. The zero-order valence-corrected chi connectivity index (χ0v) is 10.6. The maximum Gasteiger partial charge on any atom is 0.306 e. The molecule has 0 atom stereocenters. The fraction of sp³-hybridized carbons (Fsp3) is 0.417. The van der Waals surface area contributed by atoms with Crippen LogP contribution in [0.2, 0.25) is 5.02 Å². The van der Waals surface area contributed by atoms with Gasteiger partial charge in [0.05, 0.1) is 18.7 Å². The van der Waals surface area contributed by atoms with Crippen molar-refractivity contribution in [1.82, 2.24) is 0 Å². The van der Waals surface area contributed by atoms with Crippen molar-refractivity contribution in [3.8, 4) is 11.5 Å². The number of aryl methyl sites for hydroxylation is 1. The standard InChI is InChI=1S/C12H15ClO4/c1-3-17-11(14)5-4-8-6-9(13)12(15)10(7-8)16-2/h6-7,15H,3-5H2,1-2H3. The molecule has 1 aromatic carbocycles. The molecule has 0 radical (unpaired) electrons. The van der Waals surface area contributed by atoms with Crippen LogP contribution in [0.25, 0.3) is 0 Å². The van der Waals surface area contributed by atoms with Crippen LogP contribution in [0.3, 0.4) is 0 Å². The molecule has 0 bridgehead atoms. The van der Waals surface area contributed by atoms with E-state index in [0.717, 1.165) is 5.56 Å². The van der Waals surface area contributed by atoms with E-state index < -0.39 is 0 Å². The van der Waals surface area contributed by atoms with E-state index in [0.29, 0.717) is 18.8 Å². The largest absolute Gasteiger partial charge is 0.503 e. The first kappa shape index (κ1) is 13.6. The molecule has 1 rings (SSSR count). The van der Waals surface area contributed by atoms with E-state index >= 15 is 0 Å². The molecule has 0 spiro atoms. The summed E-state index contributed by atoms with van der Waals surface area (Å²) in [5.74, 6) is -0.0407. The van der Waals surface area contributed by atoms with Gasteiger partial charge in [0.2, 0.25) is 0 Å². The number of ether oxygens (including phenoxy) is 2. The minimum atomic E-state index is -0.254. The van der Waals surface area contributed by atoms with Crippen LogP contribution in [0.1, 0.15) is 18.9 Å². The first-order chi connectivity index (χ1) is 8.08. The van der Waals surface area contributed by atoms with Gasteiger partial charge in [-0.15, -0.1) is 0 Å². The third-order valence-electron chi connectivity index (χ3n) is 2.23. The molecule has 0 amide bonds. The molecule has 0 heterocycles. The molecule has 0 unspecified atom stereocenters. The average Bonchev–Trinajstić information content (AvgIpc) is 2.31. The van der Waals surface area contributed by atoms with Crippen molar-refractivity contribution in [3.63, 3.8) is 0 Å². The third-order valence-corrected chi connectivity index (χ3v) is 2.52. The van der Waals surface area contributed by atoms with Gasteiger partial charge >= 0.3 is 5.97 Å². The van der Waals surface area contributed by atoms with Gasteiger partial charge in [0.1, 0.15) is 0 Å². The maximum absolute atomic E-state index is 11.2. The van der Waals surface area contributed by atoms with Crippen molar-refractivity contribution in [1.29, 1.82) is 0 Å². The highest BCUT2D eigenvalue weighted by molar-refractivity contribution is 6.32. The van der Waals surface area contributed by atoms with E-state index in [9.17, 15) is 9.90 Å². The van der Waals surface area contributed by atoms with Gasteiger partial charge in [0.25, 0.3) is 0 Å². The zero-order chi connectivity index (χ0) is 12.8. The summed E-state index contributed by atoms with van der Waals surface area (Å²) >= 11 is 5.83. The molecule has 94 valence electrons. The Morgan fingerprint density at radius 1 is 1.47 bits per heavy atom. The Morgan fingerprint density at radius 3 is 2.76 bits per heavy atom. The Morgan fingerprint density at radius 2 is 2.18 bits per heavy atom. The molecule has 0 fully saturated rings. The van der Waals surface area contributed by atoms with Crippen molar-refractivity contribution < 1.29 is 19.4 Å². The van der Waals surface area contributed by atoms with Crippen LogP contribution in [0.5, 0.6) is 11.5 Å². The molecule has 0 aliphatic heterocycles. The highest BCUT2D eigenvalue weighted by Crippen LogP contribution is 2.35. The lowest BCUT2D eigenvalue weighted by Crippen LogP contribution is -2.05. The van der Waals surface area contributed by atoms with Crippen LogP contribution >= 0.6 is 11.6 Å². The number of phenolic OH excluding ortho intramolecular Hbond substituents is 1. The number of phenols is 1. The van der Waals surface area contributed by atoms with E-state index in [1.165, 1.54) is 7.11 Å². The lowest BCUT2D eigenvalue weighted by atomic mass is 10.1. The second-order valence-corrected chi connectivity index (χ2v) is 3.84. The van der Waals surface area contributed by atoms with Crippen molar-refractivity contribution in [2.24, 2.45) is 0 Å². The van der Waals surface area contributed by atoms with Gasteiger partial charge in [0, 0.05) is 6.42 Å². The van der Waals surface area contributed by atoms with E-state index in [1.54, 1.807) is 19.1 Å². The normalized spacial score (nSPS) is 10.1. The van der Waals surface area contributed by atoms with E-state index in [-0.39, 0.29) is 23.2 Å². The molecule has 1 aromatic rings. The molecule has 5 heteroatoms. The summed E-state index contributed by atoms with van der Waals surface area (Å²) in [5.41, 5.74) is 0.817. The van der Waals surface area contributed by atoms with Gasteiger partial charge in [-0.1, -0.05) is 11.6 Å². The Labute approximate surface area is 105 Å². The molecule has 0 aromatic heterocycles. The SMILES string of the molecule is CCOC(=O)CCc1cc(Cl)c(O)c(OC)c1. The highest BCUT2D eigenvalue weighted by Gasteiger charge is 2.10. The Kier molecular flexibility index (Phi) is 5.10. The van der Waals surface area contributed by atoms with Crippen LogP contribution in [-0.2, 0) is 16.0 Å². The number of esters is 1. The number of halogens is 1. The minimum absolute atomic E-state index is 0.0888. The van der Waals surface area contributed by atoms with Gasteiger partial charge < -0.3 is 14.6 Å². The summed E-state index contributed by atoms with van der Waals surface area (Å²) in [7, 11) is 1.44. The van der Waals surface area contributed by atoms with Crippen LogP contribution in [0.4, 0.5) is 0 Å². The lowest BCUT2D eigenvalue weighted by molar-refractivity contribution is -0.143. The number of carbonyl (C=O) groups is 1. The maximum atomic E-state index is 11.2. The molecular weight excluding hydrogens is 244 g/mol. The number of benzene rings is 1. The fourth-order valence-corrected chi connectivity index (χ4v) is 1.64. The van der Waals surface area contributed by atoms with Crippen LogP contribution < -0.4 is 4.74 Å².